The molecular formula is C53H154O9SSi14V. The van der Waals surface area contributed by atoms with Crippen LogP contribution in [0.15, 0.2) is 61.4 Å². The van der Waals surface area contributed by atoms with E-state index >= 15 is 0 Å². The van der Waals surface area contributed by atoms with Gasteiger partial charge >= 0.3 is 61.7 Å². The molecule has 9 nitrogen and oxygen atoms in total. The molecular weight excluding hydrogens is 1260 g/mol. The summed E-state index contributed by atoms with van der Waals surface area (Å²) >= 11 is -2.10. The fraction of sp³-hybridized carbons (Fsp3) is 0.811. The van der Waals surface area contributed by atoms with Crippen LogP contribution in [0.25, 0.3) is 0 Å². The molecule has 0 aromatic rings. The Morgan fingerprint density at radius 2 is 0.410 bits per heavy atom. The Bertz CT molecular complexity index is 1380. The molecule has 1 rings (SSSR count). The van der Waals surface area contributed by atoms with Gasteiger partial charge in [0, 0.05) is 0 Å². The van der Waals surface area contributed by atoms with Gasteiger partial charge in [-0.1, -0.05) is 102 Å². The van der Waals surface area contributed by atoms with Crippen molar-refractivity contribution in [2.45, 2.75) is 289 Å². The molecule has 25 heteroatoms. The summed E-state index contributed by atoms with van der Waals surface area (Å²) in [5.41, 5.74) is 9.85. The molecule has 0 unspecified atom stereocenters. The van der Waals surface area contributed by atoms with E-state index in [0.29, 0.717) is 0 Å². The normalized spacial score (nSPS) is 15.4. The molecule has 0 bridgehead atoms. The van der Waals surface area contributed by atoms with Gasteiger partial charge in [-0.2, -0.15) is 0 Å². The second-order valence-electron chi connectivity index (χ2n) is 26.1. The summed E-state index contributed by atoms with van der Waals surface area (Å²) in [4.78, 5) is 0. The van der Waals surface area contributed by atoms with Crippen LogP contribution in [0.4, 0.5) is 0 Å². The van der Waals surface area contributed by atoms with E-state index in [0.717, 1.165) is 0 Å². The zero-order valence-electron chi connectivity index (χ0n) is 55.0. The Kier molecular flexibility index (Phi) is 68.9. The van der Waals surface area contributed by atoms with Crippen molar-refractivity contribution in [2.75, 3.05) is 0 Å². The first-order valence-corrected chi connectivity index (χ1v) is 70.2. The monoisotopic (exact) mass is 1410 g/mol. The van der Waals surface area contributed by atoms with E-state index in [4.69, 9.17) is 38.8 Å². The van der Waals surface area contributed by atoms with Gasteiger partial charge in [0.2, 0.25) is 0 Å². The van der Waals surface area contributed by atoms with Crippen LogP contribution < -0.4 is 0 Å². The zero-order valence-corrected chi connectivity index (χ0v) is 69.2. The van der Waals surface area contributed by atoms with Crippen molar-refractivity contribution in [1.82, 2.24) is 0 Å². The van der Waals surface area contributed by atoms with Crippen LogP contribution in [0, 0.1) is 0 Å². The fourth-order valence-corrected chi connectivity index (χ4v) is 61.3. The number of rotatable bonds is 15. The Hall–Kier alpha value is 2.18. The zero-order chi connectivity index (χ0) is 60.5. The predicted octanol–water partition coefficient (Wildman–Crippen LogP) is 22.9. The van der Waals surface area contributed by atoms with Gasteiger partial charge in [-0.15, -0.1) is 32.9 Å². The molecule has 0 spiro atoms. The van der Waals surface area contributed by atoms with Crippen LogP contribution >= 0.6 is 10.3 Å². The third-order valence-electron chi connectivity index (χ3n) is 7.27. The van der Waals surface area contributed by atoms with E-state index in [-0.39, 0.29) is 59.4 Å². The summed E-state index contributed by atoms with van der Waals surface area (Å²) in [6.45, 7) is 94.6. The van der Waals surface area contributed by atoms with Gasteiger partial charge in [0.05, 0.1) is 0 Å². The van der Waals surface area contributed by atoms with Crippen molar-refractivity contribution < 1.29 is 52.5 Å². The number of hydrogen-bond acceptors (Lipinski definition) is 10. The van der Waals surface area contributed by atoms with Crippen molar-refractivity contribution in [3.8, 4) is 0 Å². The average Bonchev–Trinajstić information content (AvgIpc) is 3.02. The van der Waals surface area contributed by atoms with Crippen molar-refractivity contribution in [1.29, 1.82) is 1.76 Å². The van der Waals surface area contributed by atoms with Crippen molar-refractivity contribution in [3.05, 3.63) is 61.4 Å². The maximum atomic E-state index is 6.21. The van der Waals surface area contributed by atoms with E-state index < -0.39 is 133 Å². The van der Waals surface area contributed by atoms with Gasteiger partial charge in [-0.3, -0.25) is 0 Å². The van der Waals surface area contributed by atoms with Crippen molar-refractivity contribution in [2.24, 2.45) is 0 Å². The molecule has 0 aromatic carbocycles. The van der Waals surface area contributed by atoms with Crippen molar-refractivity contribution >= 4 is 128 Å². The standard InChI is InChI=1S/C8H24O4Si4.2C8H18OSi2.C7H18OSi2.2C6H18OSi2.C2H6.8CH4.S.V.2H/c1-13(2)9-14(3,4)11-16(7,8)12-15(5,6)10-13;2*1-7-10(3,4)9-11(5,6)8-2;1-7-10(5,6)8-9(2,3)4;2*1-8(2,3)7-9(4,5)6;1-2;;;;;;;;;;;;/h1-8H3;2*7-8H,1-2H2,3-6H3;7H,1H2,2-6H3;2*1-6H3;1-2H3;8*1H4;;;;/i;;;;;;;;;;;;;;;;;2*1+1. The average molecular weight is 1410 g/mol. The first-order valence-electron chi connectivity index (χ1n) is 25.7. The summed E-state index contributed by atoms with van der Waals surface area (Å²) in [5, 5.41) is 0. The molecule has 0 N–H and O–H groups in total. The molecule has 0 atom stereocenters. The summed E-state index contributed by atoms with van der Waals surface area (Å²) in [6.07, 6.45) is 0. The van der Waals surface area contributed by atoms with E-state index in [2.05, 4.69) is 259 Å². The first-order chi connectivity index (χ1) is 30.9. The predicted molar refractivity (Wildman–Crippen MR) is 410 cm³/mol. The Morgan fingerprint density at radius 1 is 0.308 bits per heavy atom. The molecule has 0 aliphatic carbocycles. The molecule has 78 heavy (non-hydrogen) atoms. The third-order valence-corrected chi connectivity index (χ3v) is 50.7. The van der Waals surface area contributed by atoms with Crippen LogP contribution in [0.3, 0.4) is 0 Å². The molecule has 1 aliphatic heterocycles. The Morgan fingerprint density at radius 3 is 0.474 bits per heavy atom. The van der Waals surface area contributed by atoms with Gasteiger partial charge in [-0.05, 0) is 216 Å². The van der Waals surface area contributed by atoms with Crippen LogP contribution in [0.2, 0.25) is 216 Å². The first kappa shape index (κ1) is 111. The topological polar surface area (TPSA) is 83.1 Å². The van der Waals surface area contributed by atoms with Gasteiger partial charge in [0.1, 0.15) is 0 Å². The quantitative estimate of drug-likeness (QED) is 0.148. The van der Waals surface area contributed by atoms with Crippen LogP contribution in [0.1, 0.15) is 73.3 Å². The van der Waals surface area contributed by atoms with Gasteiger partial charge in [0.25, 0.3) is 0 Å². The number of hydrogen-bond donors (Lipinski definition) is 0. The summed E-state index contributed by atoms with van der Waals surface area (Å²) < 4.78 is 66.7. The molecule has 0 saturated carbocycles. The molecule has 1 fully saturated rings. The van der Waals surface area contributed by atoms with Crippen LogP contribution in [-0.4, -0.2) is 119 Å². The minimum atomic E-state index is -2.11. The minimum absolute atomic E-state index is 0. The molecule has 1 heterocycles. The van der Waals surface area contributed by atoms with Gasteiger partial charge in [0.15, 0.2) is 83.2 Å². The maximum absolute atomic E-state index is 6.21. The molecule has 0 radical (unpaired) electrons. The van der Waals surface area contributed by atoms with Crippen LogP contribution in [-0.2, 0) is 52.5 Å². The summed E-state index contributed by atoms with van der Waals surface area (Å²) in [7, 11) is -18.4. The molecule has 1 aliphatic rings. The van der Waals surface area contributed by atoms with Crippen molar-refractivity contribution in [3.63, 3.8) is 0 Å². The third kappa shape index (κ3) is 91.9. The molecule has 0 aromatic heterocycles. The molecule has 487 valence electrons. The Labute approximate surface area is 528 Å². The van der Waals surface area contributed by atoms with Gasteiger partial charge < -0.3 is 37.0 Å². The SMILES string of the molecule is C.C.C.C.C.C.C.C.C=C[Si](C)(C)O[Si](C)(C)C.C=C[Si](C)(C)O[Si](C)(C)C=C.C=C[Si](C)(C)O[Si](C)(C)C=C.CC.C[Si](C)(C)O[Si](C)(C)C.C[Si](C)(C)O[Si](C)(C)C.C[Si]1(C)O[Si](C)(C)O[Si](C)(C)O[Si](C)(C)O1.[2H][V]([2H])=[S]. The summed E-state index contributed by atoms with van der Waals surface area (Å²) in [5.74, 6) is 0. The second kappa shape index (κ2) is 48.2. The Balaban J connectivity index is -0.0000000473. The molecule has 1 saturated heterocycles. The van der Waals surface area contributed by atoms with E-state index in [1.165, 1.54) is 0 Å². The fourth-order valence-electron chi connectivity index (χ4n) is 6.64. The molecule has 0 amide bonds. The summed E-state index contributed by atoms with van der Waals surface area (Å²) in [6, 6.07) is 0. The van der Waals surface area contributed by atoms with Crippen LogP contribution in [0.5, 0.6) is 0 Å². The van der Waals surface area contributed by atoms with E-state index in [1.54, 1.807) is 0 Å². The van der Waals surface area contributed by atoms with Gasteiger partial charge in [-0.25, -0.2) is 0 Å². The van der Waals surface area contributed by atoms with E-state index in [9.17, 15) is 0 Å². The second-order valence-corrected chi connectivity index (χ2v) is 83.9. The van der Waals surface area contributed by atoms with E-state index in [1.807, 2.05) is 42.3 Å².